The molecule has 0 unspecified atom stereocenters. The summed E-state index contributed by atoms with van der Waals surface area (Å²) in [6.07, 6.45) is 2.07. The molecule has 1 heterocycles. The third kappa shape index (κ3) is 5.59. The molecule has 150 valence electrons. The van der Waals surface area contributed by atoms with Gasteiger partial charge in [0.15, 0.2) is 11.7 Å². The Morgan fingerprint density at radius 1 is 1.14 bits per heavy atom. The Kier molecular flexibility index (Phi) is 6.90. The summed E-state index contributed by atoms with van der Waals surface area (Å²) in [6, 6.07) is 11.9. The summed E-state index contributed by atoms with van der Waals surface area (Å²) in [5.41, 5.74) is 1.73. The molecule has 2 aromatic carbocycles. The maximum Gasteiger partial charge on any atom is 0.251 e. The minimum atomic E-state index is -0.206. The third-order valence-electron chi connectivity index (χ3n) is 4.06. The van der Waals surface area contributed by atoms with Crippen LogP contribution in [0, 0.1) is 0 Å². The van der Waals surface area contributed by atoms with Crippen LogP contribution in [-0.4, -0.2) is 23.3 Å². The Morgan fingerprint density at radius 2 is 1.97 bits per heavy atom. The number of anilines is 1. The number of aromatic nitrogens is 1. The van der Waals surface area contributed by atoms with Crippen molar-refractivity contribution in [3.05, 3.63) is 70.2 Å². The lowest BCUT2D eigenvalue weighted by atomic mass is 10.2. The van der Waals surface area contributed by atoms with Crippen molar-refractivity contribution >= 4 is 40.7 Å². The van der Waals surface area contributed by atoms with Gasteiger partial charge in [0.2, 0.25) is 5.91 Å². The van der Waals surface area contributed by atoms with Crippen LogP contribution in [0.3, 0.4) is 0 Å². The molecular formula is C21H19Cl2N3O3. The number of hydrogen-bond donors (Lipinski definition) is 2. The van der Waals surface area contributed by atoms with Crippen molar-refractivity contribution in [1.82, 2.24) is 10.3 Å². The average molecular weight is 432 g/mol. The number of rotatable bonds is 7. The number of oxazole rings is 1. The molecule has 0 saturated carbocycles. The van der Waals surface area contributed by atoms with E-state index >= 15 is 0 Å². The number of halogens is 2. The summed E-state index contributed by atoms with van der Waals surface area (Å²) >= 11 is 12.1. The number of carbonyl (C=O) groups excluding carboxylic acids is 2. The molecule has 2 N–H and O–H groups in total. The van der Waals surface area contributed by atoms with Crippen LogP contribution < -0.4 is 10.6 Å². The summed E-state index contributed by atoms with van der Waals surface area (Å²) < 4.78 is 5.70. The monoisotopic (exact) mass is 431 g/mol. The van der Waals surface area contributed by atoms with Crippen molar-refractivity contribution < 1.29 is 14.0 Å². The van der Waals surface area contributed by atoms with Gasteiger partial charge in [-0.2, -0.15) is 0 Å². The topological polar surface area (TPSA) is 84.2 Å². The fourth-order valence-electron chi connectivity index (χ4n) is 2.68. The molecule has 0 radical (unpaired) electrons. The second-order valence-electron chi connectivity index (χ2n) is 6.23. The van der Waals surface area contributed by atoms with Crippen LogP contribution in [0.5, 0.6) is 0 Å². The van der Waals surface area contributed by atoms with Crippen molar-refractivity contribution in [2.75, 3.05) is 11.9 Å². The van der Waals surface area contributed by atoms with Gasteiger partial charge in [0.05, 0.1) is 11.2 Å². The molecule has 1 aromatic heterocycles. The second-order valence-corrected chi connectivity index (χ2v) is 7.07. The van der Waals surface area contributed by atoms with E-state index in [-0.39, 0.29) is 18.2 Å². The molecule has 0 fully saturated rings. The molecule has 6 nitrogen and oxygen atoms in total. The number of carbonyl (C=O) groups is 2. The van der Waals surface area contributed by atoms with Crippen molar-refractivity contribution in [2.24, 2.45) is 0 Å². The highest BCUT2D eigenvalue weighted by molar-refractivity contribution is 6.36. The Bertz CT molecular complexity index is 1030. The first-order chi connectivity index (χ1) is 14.0. The summed E-state index contributed by atoms with van der Waals surface area (Å²) in [5, 5.41) is 6.50. The maximum absolute atomic E-state index is 12.2. The zero-order valence-electron chi connectivity index (χ0n) is 15.7. The molecule has 2 amide bonds. The van der Waals surface area contributed by atoms with Crippen LogP contribution in [0.2, 0.25) is 10.0 Å². The van der Waals surface area contributed by atoms with Crippen LogP contribution in [0.25, 0.3) is 11.3 Å². The van der Waals surface area contributed by atoms with Crippen molar-refractivity contribution in [3.8, 4) is 11.3 Å². The SMILES string of the molecule is CCNC(=O)c1cccc(NC(=O)CCc2ncc(-c3ccc(Cl)cc3Cl)o2)c1. The van der Waals surface area contributed by atoms with E-state index < -0.39 is 0 Å². The van der Waals surface area contributed by atoms with E-state index in [2.05, 4.69) is 15.6 Å². The van der Waals surface area contributed by atoms with Crippen LogP contribution in [0.1, 0.15) is 29.6 Å². The molecule has 0 aliphatic heterocycles. The molecule has 0 aliphatic rings. The molecule has 0 spiro atoms. The maximum atomic E-state index is 12.2. The standard InChI is InChI=1S/C21H19Cl2N3O3/c1-2-24-21(28)13-4-3-5-15(10-13)26-19(27)8-9-20-25-12-18(29-20)16-7-6-14(22)11-17(16)23/h3-7,10-12H,2,8-9H2,1H3,(H,24,28)(H,26,27). The largest absolute Gasteiger partial charge is 0.441 e. The predicted octanol–water partition coefficient (Wildman–Crippen LogP) is 4.97. The van der Waals surface area contributed by atoms with Gasteiger partial charge in [0.1, 0.15) is 0 Å². The molecular weight excluding hydrogens is 413 g/mol. The number of hydrogen-bond acceptors (Lipinski definition) is 4. The minimum Gasteiger partial charge on any atom is -0.441 e. The van der Waals surface area contributed by atoms with E-state index in [0.29, 0.717) is 51.5 Å². The molecule has 0 atom stereocenters. The number of nitrogens with zero attached hydrogens (tertiary/aromatic N) is 1. The van der Waals surface area contributed by atoms with Gasteiger partial charge in [-0.1, -0.05) is 29.3 Å². The first-order valence-corrected chi connectivity index (χ1v) is 9.80. The third-order valence-corrected chi connectivity index (χ3v) is 4.61. The molecule has 8 heteroatoms. The molecule has 0 saturated heterocycles. The molecule has 3 rings (SSSR count). The lowest BCUT2D eigenvalue weighted by Crippen LogP contribution is -2.22. The summed E-state index contributed by atoms with van der Waals surface area (Å²) in [7, 11) is 0. The Hall–Kier alpha value is -2.83. The van der Waals surface area contributed by atoms with E-state index in [4.69, 9.17) is 27.6 Å². The Morgan fingerprint density at radius 3 is 2.72 bits per heavy atom. The van der Waals surface area contributed by atoms with Gasteiger partial charge in [0, 0.05) is 41.2 Å². The van der Waals surface area contributed by atoms with Crippen molar-refractivity contribution in [2.45, 2.75) is 19.8 Å². The van der Waals surface area contributed by atoms with Crippen LogP contribution in [0.15, 0.2) is 53.1 Å². The van der Waals surface area contributed by atoms with Crippen molar-refractivity contribution in [3.63, 3.8) is 0 Å². The highest BCUT2D eigenvalue weighted by Crippen LogP contribution is 2.30. The van der Waals surface area contributed by atoms with Gasteiger partial charge < -0.3 is 15.1 Å². The van der Waals surface area contributed by atoms with Gasteiger partial charge in [0.25, 0.3) is 5.91 Å². The highest BCUT2D eigenvalue weighted by atomic mass is 35.5. The van der Waals surface area contributed by atoms with Gasteiger partial charge in [-0.25, -0.2) is 4.98 Å². The lowest BCUT2D eigenvalue weighted by Gasteiger charge is -2.07. The number of amides is 2. The lowest BCUT2D eigenvalue weighted by molar-refractivity contribution is -0.116. The minimum absolute atomic E-state index is 0.180. The van der Waals surface area contributed by atoms with Gasteiger partial charge in [-0.3, -0.25) is 9.59 Å². The summed E-state index contributed by atoms with van der Waals surface area (Å²) in [6.45, 7) is 2.38. The second kappa shape index (κ2) is 9.58. The first-order valence-electron chi connectivity index (χ1n) is 9.04. The van der Waals surface area contributed by atoms with Crippen LogP contribution in [-0.2, 0) is 11.2 Å². The number of aryl methyl sites for hydroxylation is 1. The quantitative estimate of drug-likeness (QED) is 0.552. The smallest absolute Gasteiger partial charge is 0.251 e. The van der Waals surface area contributed by atoms with E-state index in [1.165, 1.54) is 0 Å². The summed E-state index contributed by atoms with van der Waals surface area (Å²) in [4.78, 5) is 28.3. The number of benzene rings is 2. The predicted molar refractivity (Wildman–Crippen MR) is 113 cm³/mol. The number of nitrogens with one attached hydrogen (secondary N) is 2. The normalized spacial score (nSPS) is 10.6. The van der Waals surface area contributed by atoms with Crippen LogP contribution in [0.4, 0.5) is 5.69 Å². The Labute approximate surface area is 178 Å². The first kappa shape index (κ1) is 20.9. The van der Waals surface area contributed by atoms with Crippen molar-refractivity contribution in [1.29, 1.82) is 0 Å². The zero-order chi connectivity index (χ0) is 20.8. The van der Waals surface area contributed by atoms with Gasteiger partial charge in [-0.15, -0.1) is 0 Å². The van der Waals surface area contributed by atoms with Gasteiger partial charge in [-0.05, 0) is 43.3 Å². The van der Waals surface area contributed by atoms with Crippen LogP contribution >= 0.6 is 23.2 Å². The molecule has 0 bridgehead atoms. The molecule has 0 aliphatic carbocycles. The molecule has 29 heavy (non-hydrogen) atoms. The van der Waals surface area contributed by atoms with E-state index in [9.17, 15) is 9.59 Å². The zero-order valence-corrected chi connectivity index (χ0v) is 17.2. The van der Waals surface area contributed by atoms with E-state index in [1.807, 2.05) is 6.92 Å². The fraction of sp³-hybridized carbons (Fsp3) is 0.190. The van der Waals surface area contributed by atoms with E-state index in [1.54, 1.807) is 48.7 Å². The Balaban J connectivity index is 1.58. The summed E-state index contributed by atoms with van der Waals surface area (Å²) in [5.74, 6) is 0.549. The molecule has 3 aromatic rings. The van der Waals surface area contributed by atoms with Gasteiger partial charge >= 0.3 is 0 Å². The highest BCUT2D eigenvalue weighted by Gasteiger charge is 2.12. The fourth-order valence-corrected chi connectivity index (χ4v) is 3.19. The van der Waals surface area contributed by atoms with E-state index in [0.717, 1.165) is 0 Å². The average Bonchev–Trinajstić information content (AvgIpc) is 3.15.